The van der Waals surface area contributed by atoms with Crippen LogP contribution in [0, 0.1) is 6.92 Å². The lowest BCUT2D eigenvalue weighted by atomic mass is 10.2. The highest BCUT2D eigenvalue weighted by Gasteiger charge is 2.14. The Morgan fingerprint density at radius 1 is 1.06 bits per heavy atom. The van der Waals surface area contributed by atoms with Gasteiger partial charge in [-0.1, -0.05) is 17.7 Å². The van der Waals surface area contributed by atoms with E-state index in [0.717, 1.165) is 44.1 Å². The van der Waals surface area contributed by atoms with Crippen LogP contribution in [0.25, 0.3) is 0 Å². The average molecular weight is 427 g/mol. The molecule has 1 saturated heterocycles. The molecular formula is C23H30N4O4. The van der Waals surface area contributed by atoms with Crippen molar-refractivity contribution >= 4 is 17.6 Å². The molecule has 1 fully saturated rings. The van der Waals surface area contributed by atoms with Crippen LogP contribution in [0.2, 0.25) is 0 Å². The number of amides is 1. The number of carbonyl (C=O) groups is 1. The molecule has 2 aromatic rings. The number of nitrogens with zero attached hydrogens (tertiary/aromatic N) is 2. The van der Waals surface area contributed by atoms with E-state index in [-0.39, 0.29) is 5.91 Å². The molecule has 1 aliphatic heterocycles. The van der Waals surface area contributed by atoms with Gasteiger partial charge < -0.3 is 19.5 Å². The Hall–Kier alpha value is -3.10. The van der Waals surface area contributed by atoms with Gasteiger partial charge in [-0.2, -0.15) is 0 Å². The Balaban J connectivity index is 1.73. The minimum absolute atomic E-state index is 0.304. The van der Waals surface area contributed by atoms with E-state index in [1.54, 1.807) is 32.4 Å². The van der Waals surface area contributed by atoms with E-state index >= 15 is 0 Å². The Morgan fingerprint density at radius 2 is 1.71 bits per heavy atom. The summed E-state index contributed by atoms with van der Waals surface area (Å²) in [5.41, 5.74) is 2.42. The topological polar surface area (TPSA) is 84.4 Å². The van der Waals surface area contributed by atoms with Crippen LogP contribution < -0.4 is 20.1 Å². The van der Waals surface area contributed by atoms with E-state index in [0.29, 0.717) is 29.6 Å². The van der Waals surface area contributed by atoms with E-state index in [1.807, 2.05) is 31.2 Å². The maximum atomic E-state index is 12.9. The minimum atomic E-state index is -0.304. The van der Waals surface area contributed by atoms with Crippen molar-refractivity contribution in [2.75, 3.05) is 58.9 Å². The molecule has 2 aromatic carbocycles. The highest BCUT2D eigenvalue weighted by molar-refractivity contribution is 6.10. The summed E-state index contributed by atoms with van der Waals surface area (Å²) in [5.74, 6) is 1.18. The first kappa shape index (κ1) is 22.6. The van der Waals surface area contributed by atoms with Gasteiger partial charge in [0.2, 0.25) is 5.96 Å². The number of morpholine rings is 1. The predicted molar refractivity (Wildman–Crippen MR) is 121 cm³/mol. The van der Waals surface area contributed by atoms with Gasteiger partial charge in [-0.3, -0.25) is 20.0 Å². The number of aliphatic imine (C=N–C) groups is 1. The molecule has 1 aliphatic rings. The first-order valence-electron chi connectivity index (χ1n) is 10.3. The Labute approximate surface area is 183 Å². The van der Waals surface area contributed by atoms with Crippen molar-refractivity contribution in [3.05, 3.63) is 53.6 Å². The van der Waals surface area contributed by atoms with Gasteiger partial charge in [0.05, 0.1) is 34.0 Å². The lowest BCUT2D eigenvalue weighted by Gasteiger charge is -2.25. The number of aryl methyl sites for hydroxylation is 1. The largest absolute Gasteiger partial charge is 0.497 e. The number of anilines is 1. The van der Waals surface area contributed by atoms with Crippen LogP contribution in [0.15, 0.2) is 47.5 Å². The number of ether oxygens (including phenoxy) is 3. The van der Waals surface area contributed by atoms with E-state index in [1.165, 1.54) is 0 Å². The summed E-state index contributed by atoms with van der Waals surface area (Å²) in [6, 6.07) is 13.0. The number of rotatable bonds is 7. The molecule has 166 valence electrons. The van der Waals surface area contributed by atoms with Crippen molar-refractivity contribution < 1.29 is 19.0 Å². The van der Waals surface area contributed by atoms with E-state index in [2.05, 4.69) is 20.5 Å². The van der Waals surface area contributed by atoms with Gasteiger partial charge in [-0.25, -0.2) is 0 Å². The first-order valence-corrected chi connectivity index (χ1v) is 10.3. The lowest BCUT2D eigenvalue weighted by molar-refractivity contribution is 0.0394. The van der Waals surface area contributed by atoms with Crippen molar-refractivity contribution in [3.8, 4) is 11.5 Å². The SMILES string of the molecule is COc1cc(OC)cc(C(=O)NC(=NCCN2CCOCC2)Nc2ccc(C)cc2)c1. The molecule has 0 aromatic heterocycles. The summed E-state index contributed by atoms with van der Waals surface area (Å²) in [6.45, 7) is 6.65. The van der Waals surface area contributed by atoms with E-state index in [4.69, 9.17) is 14.2 Å². The quantitative estimate of drug-likeness (QED) is 0.523. The number of guanidine groups is 1. The van der Waals surface area contributed by atoms with Gasteiger partial charge in [-0.05, 0) is 31.2 Å². The Morgan fingerprint density at radius 3 is 2.32 bits per heavy atom. The molecule has 0 radical (unpaired) electrons. The van der Waals surface area contributed by atoms with Crippen LogP contribution >= 0.6 is 0 Å². The number of hydrogen-bond acceptors (Lipinski definition) is 6. The monoisotopic (exact) mass is 426 g/mol. The van der Waals surface area contributed by atoms with Gasteiger partial charge in [0, 0.05) is 37.0 Å². The van der Waals surface area contributed by atoms with Gasteiger partial charge >= 0.3 is 0 Å². The molecule has 0 unspecified atom stereocenters. The molecular weight excluding hydrogens is 396 g/mol. The molecule has 8 heteroatoms. The highest BCUT2D eigenvalue weighted by Crippen LogP contribution is 2.22. The van der Waals surface area contributed by atoms with Crippen LogP contribution in [-0.4, -0.2) is 70.4 Å². The lowest BCUT2D eigenvalue weighted by Crippen LogP contribution is -2.39. The first-order chi connectivity index (χ1) is 15.1. The third-order valence-corrected chi connectivity index (χ3v) is 4.95. The second-order valence-electron chi connectivity index (χ2n) is 7.23. The summed E-state index contributed by atoms with van der Waals surface area (Å²) in [7, 11) is 3.10. The van der Waals surface area contributed by atoms with Gasteiger partial charge in [-0.15, -0.1) is 0 Å². The maximum Gasteiger partial charge on any atom is 0.258 e. The summed E-state index contributed by atoms with van der Waals surface area (Å²) in [5, 5.41) is 6.10. The normalized spacial score (nSPS) is 14.7. The van der Waals surface area contributed by atoms with Crippen LogP contribution in [0.1, 0.15) is 15.9 Å². The zero-order valence-corrected chi connectivity index (χ0v) is 18.3. The standard InChI is InChI=1S/C23H30N4O4/c1-17-4-6-19(7-5-17)25-23(24-8-9-27-10-12-31-13-11-27)26-22(28)18-14-20(29-2)16-21(15-18)30-3/h4-7,14-16H,8-13H2,1-3H3,(H2,24,25,26,28). The van der Waals surface area contributed by atoms with E-state index in [9.17, 15) is 4.79 Å². The molecule has 3 rings (SSSR count). The molecule has 0 atom stereocenters. The molecule has 0 bridgehead atoms. The zero-order chi connectivity index (χ0) is 22.1. The van der Waals surface area contributed by atoms with Crippen molar-refractivity contribution in [3.63, 3.8) is 0 Å². The van der Waals surface area contributed by atoms with Crippen molar-refractivity contribution in [2.24, 2.45) is 4.99 Å². The molecule has 8 nitrogen and oxygen atoms in total. The number of nitrogens with one attached hydrogen (secondary N) is 2. The average Bonchev–Trinajstić information content (AvgIpc) is 2.80. The number of benzene rings is 2. The minimum Gasteiger partial charge on any atom is -0.497 e. The second-order valence-corrected chi connectivity index (χ2v) is 7.23. The molecule has 0 spiro atoms. The Kier molecular flexibility index (Phi) is 8.26. The van der Waals surface area contributed by atoms with Crippen LogP contribution in [0.4, 0.5) is 5.69 Å². The maximum absolute atomic E-state index is 12.9. The van der Waals surface area contributed by atoms with Gasteiger partial charge in [0.15, 0.2) is 0 Å². The molecule has 0 aliphatic carbocycles. The molecule has 2 N–H and O–H groups in total. The third kappa shape index (κ3) is 6.97. The van der Waals surface area contributed by atoms with Crippen LogP contribution in [-0.2, 0) is 4.74 Å². The van der Waals surface area contributed by atoms with E-state index < -0.39 is 0 Å². The number of hydrogen-bond donors (Lipinski definition) is 2. The zero-order valence-electron chi connectivity index (χ0n) is 18.3. The van der Waals surface area contributed by atoms with Crippen molar-refractivity contribution in [1.29, 1.82) is 0 Å². The summed E-state index contributed by atoms with van der Waals surface area (Å²) in [4.78, 5) is 19.8. The van der Waals surface area contributed by atoms with Crippen molar-refractivity contribution in [2.45, 2.75) is 6.92 Å². The predicted octanol–water partition coefficient (Wildman–Crippen LogP) is 2.54. The van der Waals surface area contributed by atoms with Crippen molar-refractivity contribution in [1.82, 2.24) is 10.2 Å². The van der Waals surface area contributed by atoms with Gasteiger partial charge in [0.1, 0.15) is 11.5 Å². The fraction of sp³-hybridized carbons (Fsp3) is 0.391. The fourth-order valence-electron chi connectivity index (χ4n) is 3.13. The fourth-order valence-corrected chi connectivity index (χ4v) is 3.13. The molecule has 0 saturated carbocycles. The third-order valence-electron chi connectivity index (χ3n) is 4.95. The summed E-state index contributed by atoms with van der Waals surface area (Å²) in [6.07, 6.45) is 0. The molecule has 1 heterocycles. The van der Waals surface area contributed by atoms with Gasteiger partial charge in [0.25, 0.3) is 5.91 Å². The highest BCUT2D eigenvalue weighted by atomic mass is 16.5. The summed E-state index contributed by atoms with van der Waals surface area (Å²) >= 11 is 0. The number of carbonyl (C=O) groups excluding carboxylic acids is 1. The molecule has 31 heavy (non-hydrogen) atoms. The van der Waals surface area contributed by atoms with Crippen LogP contribution in [0.5, 0.6) is 11.5 Å². The molecule has 1 amide bonds. The Bertz CT molecular complexity index is 871. The summed E-state index contributed by atoms with van der Waals surface area (Å²) < 4.78 is 15.9. The smallest absolute Gasteiger partial charge is 0.258 e. The van der Waals surface area contributed by atoms with Crippen LogP contribution in [0.3, 0.4) is 0 Å². The second kappa shape index (κ2) is 11.3. The number of methoxy groups -OCH3 is 2.